The van der Waals surface area contributed by atoms with Crippen molar-refractivity contribution in [1.29, 1.82) is 0 Å². The summed E-state index contributed by atoms with van der Waals surface area (Å²) in [6.45, 7) is 3.52. The number of ether oxygens (including phenoxy) is 1. The van der Waals surface area contributed by atoms with Crippen molar-refractivity contribution in [3.8, 4) is 0 Å². The Hall–Kier alpha value is -0.990. The molecule has 110 valence electrons. The first kappa shape index (κ1) is 15.4. The van der Waals surface area contributed by atoms with E-state index in [0.29, 0.717) is 19.7 Å². The molecular formula is C12H17ClN4O2S. The molecular weight excluding hydrogens is 300 g/mol. The highest BCUT2D eigenvalue weighted by molar-refractivity contribution is 7.15. The summed E-state index contributed by atoms with van der Waals surface area (Å²) in [5, 5.41) is 1.87. The maximum Gasteiger partial charge on any atom is 0.258 e. The zero-order chi connectivity index (χ0) is 13.2. The van der Waals surface area contributed by atoms with Gasteiger partial charge in [-0.2, -0.15) is 0 Å². The van der Waals surface area contributed by atoms with Gasteiger partial charge in [0, 0.05) is 43.8 Å². The molecule has 2 aromatic heterocycles. The van der Waals surface area contributed by atoms with Crippen molar-refractivity contribution in [2.45, 2.75) is 12.6 Å². The highest BCUT2D eigenvalue weighted by atomic mass is 35.5. The predicted molar refractivity (Wildman–Crippen MR) is 80.7 cm³/mol. The number of halogens is 1. The van der Waals surface area contributed by atoms with E-state index in [1.54, 1.807) is 16.7 Å². The number of fused-ring (bicyclic) bond motifs is 1. The monoisotopic (exact) mass is 316 g/mol. The standard InChI is InChI=1S/C12H16N4O2S.ClH/c13-6-10-8-15(1-3-18-10)7-9-5-11(17)16-2-4-19-12(16)14-9;/h2,4-5,10H,1,3,6-8,13H2;1H. The molecule has 0 amide bonds. The normalized spacial score (nSPS) is 19.9. The lowest BCUT2D eigenvalue weighted by Crippen LogP contribution is -2.45. The molecule has 1 aliphatic rings. The van der Waals surface area contributed by atoms with E-state index in [4.69, 9.17) is 10.5 Å². The SMILES string of the molecule is Cl.NCC1CN(Cc2cc(=O)n3ccsc3n2)CCO1. The zero-order valence-corrected chi connectivity index (χ0v) is 12.5. The highest BCUT2D eigenvalue weighted by Crippen LogP contribution is 2.10. The molecule has 1 aliphatic heterocycles. The van der Waals surface area contributed by atoms with Gasteiger partial charge in [0.05, 0.1) is 18.4 Å². The fraction of sp³-hybridized carbons (Fsp3) is 0.500. The summed E-state index contributed by atoms with van der Waals surface area (Å²) in [7, 11) is 0. The van der Waals surface area contributed by atoms with E-state index in [-0.39, 0.29) is 24.1 Å². The topological polar surface area (TPSA) is 72.9 Å². The average Bonchev–Trinajstić information content (AvgIpc) is 2.88. The number of hydrogen-bond donors (Lipinski definition) is 1. The van der Waals surface area contributed by atoms with Gasteiger partial charge >= 0.3 is 0 Å². The van der Waals surface area contributed by atoms with Crippen LogP contribution >= 0.6 is 23.7 Å². The number of nitrogens with two attached hydrogens (primary N) is 1. The van der Waals surface area contributed by atoms with Gasteiger partial charge < -0.3 is 10.5 Å². The van der Waals surface area contributed by atoms with Crippen LogP contribution < -0.4 is 11.3 Å². The van der Waals surface area contributed by atoms with Crippen LogP contribution in [0.2, 0.25) is 0 Å². The van der Waals surface area contributed by atoms with Crippen LogP contribution in [-0.4, -0.2) is 46.6 Å². The van der Waals surface area contributed by atoms with Crippen molar-refractivity contribution in [2.75, 3.05) is 26.2 Å². The third-order valence-corrected chi connectivity index (χ3v) is 3.98. The lowest BCUT2D eigenvalue weighted by Gasteiger charge is -2.31. The predicted octanol–water partition coefficient (Wildman–Crippen LogP) is 0.337. The van der Waals surface area contributed by atoms with Gasteiger partial charge in [-0.1, -0.05) is 0 Å². The summed E-state index contributed by atoms with van der Waals surface area (Å²) in [6, 6.07) is 1.60. The molecule has 0 aliphatic carbocycles. The molecule has 3 heterocycles. The maximum absolute atomic E-state index is 11.9. The molecule has 20 heavy (non-hydrogen) atoms. The highest BCUT2D eigenvalue weighted by Gasteiger charge is 2.19. The Kier molecular flexibility index (Phi) is 5.11. The van der Waals surface area contributed by atoms with Gasteiger partial charge in [-0.15, -0.1) is 23.7 Å². The second kappa shape index (κ2) is 6.64. The minimum Gasteiger partial charge on any atom is -0.374 e. The number of aromatic nitrogens is 2. The number of rotatable bonds is 3. The van der Waals surface area contributed by atoms with Crippen LogP contribution in [0.3, 0.4) is 0 Å². The van der Waals surface area contributed by atoms with Crippen LogP contribution in [0.15, 0.2) is 22.4 Å². The van der Waals surface area contributed by atoms with Crippen molar-refractivity contribution in [1.82, 2.24) is 14.3 Å². The summed E-state index contributed by atoms with van der Waals surface area (Å²) in [4.78, 5) is 19.4. The quantitative estimate of drug-likeness (QED) is 0.884. The first-order chi connectivity index (χ1) is 9.26. The summed E-state index contributed by atoms with van der Waals surface area (Å²) >= 11 is 1.47. The lowest BCUT2D eigenvalue weighted by atomic mass is 10.2. The van der Waals surface area contributed by atoms with Crippen LogP contribution in [0.5, 0.6) is 0 Å². The van der Waals surface area contributed by atoms with E-state index in [1.165, 1.54) is 11.3 Å². The third-order valence-electron chi connectivity index (χ3n) is 3.23. The summed E-state index contributed by atoms with van der Waals surface area (Å²) in [6.07, 6.45) is 1.83. The molecule has 1 atom stereocenters. The molecule has 0 saturated carbocycles. The van der Waals surface area contributed by atoms with Gasteiger partial charge in [0.25, 0.3) is 5.56 Å². The van der Waals surface area contributed by atoms with Crippen LogP contribution in [0.1, 0.15) is 5.69 Å². The molecule has 6 nitrogen and oxygen atoms in total. The summed E-state index contributed by atoms with van der Waals surface area (Å²) < 4.78 is 7.09. The second-order valence-electron chi connectivity index (χ2n) is 4.60. The maximum atomic E-state index is 11.9. The largest absolute Gasteiger partial charge is 0.374 e. The van der Waals surface area contributed by atoms with E-state index in [2.05, 4.69) is 9.88 Å². The molecule has 0 spiro atoms. The molecule has 3 rings (SSSR count). The van der Waals surface area contributed by atoms with Gasteiger partial charge in [0.15, 0.2) is 4.96 Å². The number of hydrogen-bond acceptors (Lipinski definition) is 6. The minimum absolute atomic E-state index is 0. The summed E-state index contributed by atoms with van der Waals surface area (Å²) in [5.74, 6) is 0. The minimum atomic E-state index is -0.0233. The van der Waals surface area contributed by atoms with Crippen molar-refractivity contribution >= 4 is 28.7 Å². The molecule has 0 bridgehead atoms. The number of morpholine rings is 1. The number of nitrogens with zero attached hydrogens (tertiary/aromatic N) is 3. The Morgan fingerprint density at radius 1 is 1.55 bits per heavy atom. The first-order valence-corrected chi connectivity index (χ1v) is 7.14. The van der Waals surface area contributed by atoms with Crippen molar-refractivity contribution < 1.29 is 4.74 Å². The fourth-order valence-electron chi connectivity index (χ4n) is 2.26. The van der Waals surface area contributed by atoms with Gasteiger partial charge in [-0.3, -0.25) is 14.1 Å². The second-order valence-corrected chi connectivity index (χ2v) is 5.48. The molecule has 1 unspecified atom stereocenters. The molecule has 1 saturated heterocycles. The van der Waals surface area contributed by atoms with Gasteiger partial charge in [-0.05, 0) is 0 Å². The lowest BCUT2D eigenvalue weighted by molar-refractivity contribution is -0.0264. The molecule has 2 N–H and O–H groups in total. The van der Waals surface area contributed by atoms with Gasteiger partial charge in [0.2, 0.25) is 0 Å². The molecule has 2 aromatic rings. The molecule has 1 fully saturated rings. The van der Waals surface area contributed by atoms with E-state index in [1.807, 2.05) is 5.38 Å². The van der Waals surface area contributed by atoms with Crippen molar-refractivity contribution in [3.05, 3.63) is 33.7 Å². The van der Waals surface area contributed by atoms with E-state index >= 15 is 0 Å². The van der Waals surface area contributed by atoms with Crippen molar-refractivity contribution in [2.24, 2.45) is 5.73 Å². The number of thiazole rings is 1. The Morgan fingerprint density at radius 3 is 3.20 bits per heavy atom. The molecule has 0 radical (unpaired) electrons. The third kappa shape index (κ3) is 3.18. The summed E-state index contributed by atoms with van der Waals surface area (Å²) in [5.41, 5.74) is 6.41. The Labute approximate surface area is 126 Å². The Morgan fingerprint density at radius 2 is 2.40 bits per heavy atom. The van der Waals surface area contributed by atoms with Gasteiger partial charge in [-0.25, -0.2) is 4.98 Å². The van der Waals surface area contributed by atoms with E-state index in [0.717, 1.165) is 23.7 Å². The fourth-order valence-corrected chi connectivity index (χ4v) is 3.00. The zero-order valence-electron chi connectivity index (χ0n) is 10.9. The van der Waals surface area contributed by atoms with Crippen LogP contribution in [0, 0.1) is 0 Å². The first-order valence-electron chi connectivity index (χ1n) is 6.26. The van der Waals surface area contributed by atoms with Crippen LogP contribution in [0.25, 0.3) is 4.96 Å². The smallest absolute Gasteiger partial charge is 0.258 e. The van der Waals surface area contributed by atoms with Crippen LogP contribution in [0.4, 0.5) is 0 Å². The Bertz CT molecular complexity index is 629. The molecule has 0 aromatic carbocycles. The van der Waals surface area contributed by atoms with E-state index in [9.17, 15) is 4.79 Å². The van der Waals surface area contributed by atoms with Crippen molar-refractivity contribution in [3.63, 3.8) is 0 Å². The van der Waals surface area contributed by atoms with Crippen LogP contribution in [-0.2, 0) is 11.3 Å². The molecule has 8 heteroatoms. The average molecular weight is 317 g/mol. The van der Waals surface area contributed by atoms with Gasteiger partial charge in [0.1, 0.15) is 0 Å². The van der Waals surface area contributed by atoms with E-state index < -0.39 is 0 Å². The Balaban J connectivity index is 0.00000147.